The Morgan fingerprint density at radius 2 is 1.24 bits per heavy atom. The zero-order valence-electron chi connectivity index (χ0n) is 12.4. The van der Waals surface area contributed by atoms with Crippen LogP contribution >= 0.6 is 11.3 Å². The fraction of sp³-hybridized carbons (Fsp3) is 0.158. The number of nitrogens with zero attached hydrogens (tertiary/aromatic N) is 1. The Hall–Kier alpha value is -2.06. The highest BCUT2D eigenvalue weighted by Crippen LogP contribution is 2.40. The summed E-state index contributed by atoms with van der Waals surface area (Å²) in [4.78, 5) is 3.73. The molecule has 0 aliphatic carbocycles. The van der Waals surface area contributed by atoms with E-state index < -0.39 is 0 Å². The van der Waals surface area contributed by atoms with Gasteiger partial charge in [-0.05, 0) is 42.3 Å². The van der Waals surface area contributed by atoms with Gasteiger partial charge in [-0.2, -0.15) is 0 Å². The molecule has 0 N–H and O–H groups in total. The second-order valence-electron chi connectivity index (χ2n) is 5.34. The van der Waals surface area contributed by atoms with Crippen LogP contribution in [-0.4, -0.2) is 0 Å². The first-order chi connectivity index (χ1) is 10.3. The summed E-state index contributed by atoms with van der Waals surface area (Å²) >= 11 is 1.86. The molecule has 0 radical (unpaired) electrons. The van der Waals surface area contributed by atoms with Crippen LogP contribution in [0.5, 0.6) is 0 Å². The van der Waals surface area contributed by atoms with Crippen molar-refractivity contribution < 1.29 is 0 Å². The minimum absolute atomic E-state index is 0.567. The Morgan fingerprint density at radius 3 is 1.67 bits per heavy atom. The molecule has 0 amide bonds. The van der Waals surface area contributed by atoms with Crippen LogP contribution in [0.1, 0.15) is 24.6 Å². The fourth-order valence-corrected chi connectivity index (χ4v) is 3.38. The molecule has 3 aromatic rings. The molecule has 2 heteroatoms. The largest absolute Gasteiger partial charge is 0.302 e. The normalized spacial score (nSPS) is 10.8. The van der Waals surface area contributed by atoms with E-state index in [-0.39, 0.29) is 0 Å². The van der Waals surface area contributed by atoms with E-state index in [0.29, 0.717) is 5.92 Å². The summed E-state index contributed by atoms with van der Waals surface area (Å²) in [7, 11) is 0. The molecule has 0 saturated heterocycles. The third-order valence-corrected chi connectivity index (χ3v) is 4.80. The number of rotatable bonds is 4. The Morgan fingerprint density at radius 1 is 0.714 bits per heavy atom. The molecule has 0 spiro atoms. The van der Waals surface area contributed by atoms with Crippen molar-refractivity contribution in [3.63, 3.8) is 0 Å². The van der Waals surface area contributed by atoms with Crippen LogP contribution in [0.25, 0.3) is 0 Å². The van der Waals surface area contributed by atoms with E-state index in [4.69, 9.17) is 0 Å². The first-order valence-corrected chi connectivity index (χ1v) is 8.07. The summed E-state index contributed by atoms with van der Waals surface area (Å²) in [6, 6.07) is 25.5. The lowest BCUT2D eigenvalue weighted by atomic mass is 10.2. The molecule has 1 nitrogen and oxygen atoms in total. The number of hydrogen-bond acceptors (Lipinski definition) is 2. The molecule has 0 aliphatic rings. The van der Waals surface area contributed by atoms with E-state index in [9.17, 15) is 0 Å². The monoisotopic (exact) mass is 293 g/mol. The second kappa shape index (κ2) is 6.15. The van der Waals surface area contributed by atoms with Crippen LogP contribution in [0.2, 0.25) is 0 Å². The van der Waals surface area contributed by atoms with Crippen molar-refractivity contribution in [1.82, 2.24) is 0 Å². The van der Waals surface area contributed by atoms with E-state index in [1.54, 1.807) is 0 Å². The molecule has 0 aliphatic heterocycles. The average Bonchev–Trinajstić information content (AvgIpc) is 3.00. The highest BCUT2D eigenvalue weighted by Gasteiger charge is 2.14. The van der Waals surface area contributed by atoms with Crippen molar-refractivity contribution in [2.24, 2.45) is 0 Å². The number of thiophene rings is 1. The van der Waals surface area contributed by atoms with Crippen LogP contribution in [0.3, 0.4) is 0 Å². The van der Waals surface area contributed by atoms with Gasteiger partial charge in [0, 0.05) is 16.3 Å². The van der Waals surface area contributed by atoms with Gasteiger partial charge in [0.1, 0.15) is 5.00 Å². The Kier molecular flexibility index (Phi) is 4.07. The Balaban J connectivity index is 2.08. The molecular weight excluding hydrogens is 274 g/mol. The third-order valence-electron chi connectivity index (χ3n) is 3.43. The van der Waals surface area contributed by atoms with Gasteiger partial charge in [0.15, 0.2) is 0 Å². The molecule has 1 heterocycles. The summed E-state index contributed by atoms with van der Waals surface area (Å²) in [6.45, 7) is 4.48. The number of benzene rings is 2. The smallest absolute Gasteiger partial charge is 0.100 e. The summed E-state index contributed by atoms with van der Waals surface area (Å²) in [5.74, 6) is 0.567. The van der Waals surface area contributed by atoms with Crippen LogP contribution < -0.4 is 4.90 Å². The predicted molar refractivity (Wildman–Crippen MR) is 93.1 cm³/mol. The number of para-hydroxylation sites is 2. The lowest BCUT2D eigenvalue weighted by molar-refractivity contribution is 0.890. The van der Waals surface area contributed by atoms with Gasteiger partial charge in [0.2, 0.25) is 0 Å². The van der Waals surface area contributed by atoms with E-state index in [1.165, 1.54) is 21.3 Å². The minimum Gasteiger partial charge on any atom is -0.302 e. The highest BCUT2D eigenvalue weighted by molar-refractivity contribution is 7.16. The number of hydrogen-bond donors (Lipinski definition) is 0. The van der Waals surface area contributed by atoms with Gasteiger partial charge in [-0.1, -0.05) is 50.2 Å². The molecule has 0 fully saturated rings. The fourth-order valence-electron chi connectivity index (χ4n) is 2.33. The van der Waals surface area contributed by atoms with E-state index in [0.717, 1.165) is 0 Å². The molecule has 21 heavy (non-hydrogen) atoms. The van der Waals surface area contributed by atoms with Crippen LogP contribution in [0.15, 0.2) is 72.8 Å². The first-order valence-electron chi connectivity index (χ1n) is 7.25. The molecule has 0 bridgehead atoms. The average molecular weight is 293 g/mol. The molecular formula is C19H19NS. The summed E-state index contributed by atoms with van der Waals surface area (Å²) in [5, 5.41) is 1.26. The first kappa shape index (κ1) is 13.9. The van der Waals surface area contributed by atoms with Gasteiger partial charge < -0.3 is 4.90 Å². The van der Waals surface area contributed by atoms with Gasteiger partial charge in [-0.3, -0.25) is 0 Å². The predicted octanol–water partition coefficient (Wildman–Crippen LogP) is 6.34. The van der Waals surface area contributed by atoms with Gasteiger partial charge in [0.05, 0.1) is 0 Å². The van der Waals surface area contributed by atoms with Gasteiger partial charge in [-0.25, -0.2) is 0 Å². The Labute approximate surface area is 130 Å². The second-order valence-corrected chi connectivity index (χ2v) is 6.43. The molecule has 0 saturated carbocycles. The number of anilines is 3. The Bertz CT molecular complexity index is 646. The third kappa shape index (κ3) is 3.01. The van der Waals surface area contributed by atoms with Crippen LogP contribution in [-0.2, 0) is 0 Å². The van der Waals surface area contributed by atoms with Gasteiger partial charge in [0.25, 0.3) is 0 Å². The zero-order valence-corrected chi connectivity index (χ0v) is 13.2. The van der Waals surface area contributed by atoms with Gasteiger partial charge in [-0.15, -0.1) is 11.3 Å². The maximum atomic E-state index is 2.32. The van der Waals surface area contributed by atoms with Crippen molar-refractivity contribution in [1.29, 1.82) is 0 Å². The minimum atomic E-state index is 0.567. The zero-order chi connectivity index (χ0) is 14.7. The summed E-state index contributed by atoms with van der Waals surface area (Å²) in [6.07, 6.45) is 0. The van der Waals surface area contributed by atoms with E-state index in [2.05, 4.69) is 91.5 Å². The molecule has 0 unspecified atom stereocenters. The van der Waals surface area contributed by atoms with Crippen molar-refractivity contribution in [3.8, 4) is 0 Å². The molecule has 3 rings (SSSR count). The SMILES string of the molecule is CC(C)c1ccc(N(c2ccccc2)c2ccccc2)s1. The standard InChI is InChI=1S/C19H19NS/c1-15(2)18-13-14-19(21-18)20(16-9-5-3-6-10-16)17-11-7-4-8-12-17/h3-15H,1-2H3. The lowest BCUT2D eigenvalue weighted by Crippen LogP contribution is -2.07. The van der Waals surface area contributed by atoms with Crippen molar-refractivity contribution in [2.45, 2.75) is 19.8 Å². The summed E-state index contributed by atoms with van der Waals surface area (Å²) < 4.78 is 0. The van der Waals surface area contributed by atoms with E-state index >= 15 is 0 Å². The lowest BCUT2D eigenvalue weighted by Gasteiger charge is -2.23. The van der Waals surface area contributed by atoms with Gasteiger partial charge >= 0.3 is 0 Å². The highest BCUT2D eigenvalue weighted by atomic mass is 32.1. The molecule has 106 valence electrons. The van der Waals surface area contributed by atoms with Crippen LogP contribution in [0, 0.1) is 0 Å². The quantitative estimate of drug-likeness (QED) is 0.542. The molecule has 0 atom stereocenters. The maximum absolute atomic E-state index is 2.32. The molecule has 2 aromatic carbocycles. The van der Waals surface area contributed by atoms with Crippen molar-refractivity contribution in [2.75, 3.05) is 4.90 Å². The maximum Gasteiger partial charge on any atom is 0.100 e. The topological polar surface area (TPSA) is 3.24 Å². The molecule has 1 aromatic heterocycles. The summed E-state index contributed by atoms with van der Waals surface area (Å²) in [5.41, 5.74) is 2.39. The van der Waals surface area contributed by atoms with Crippen LogP contribution in [0.4, 0.5) is 16.4 Å². The van der Waals surface area contributed by atoms with Crippen molar-refractivity contribution in [3.05, 3.63) is 77.7 Å². The van der Waals surface area contributed by atoms with E-state index in [1.807, 2.05) is 11.3 Å². The van der Waals surface area contributed by atoms with Crippen molar-refractivity contribution >= 4 is 27.7 Å².